The average molecular weight is 329 g/mol. The molecular weight excluding hydrogens is 312 g/mol. The van der Waals surface area contributed by atoms with Crippen LogP contribution in [0.2, 0.25) is 0 Å². The van der Waals surface area contributed by atoms with Gasteiger partial charge in [-0.25, -0.2) is 4.39 Å². The van der Waals surface area contributed by atoms with Crippen molar-refractivity contribution in [1.29, 1.82) is 0 Å². The summed E-state index contributed by atoms with van der Waals surface area (Å²) in [5, 5.41) is 2.98. The Bertz CT molecular complexity index is 464. The van der Waals surface area contributed by atoms with Gasteiger partial charge in [0.1, 0.15) is 6.04 Å². The number of methoxy groups -OCH3 is 1. The van der Waals surface area contributed by atoms with Crippen molar-refractivity contribution in [3.8, 4) is 5.75 Å². The smallest absolute Gasteiger partial charge is 0.408 e. The van der Waals surface area contributed by atoms with E-state index in [1.54, 1.807) is 0 Å². The number of alkyl halides is 3. The highest BCUT2D eigenvalue weighted by molar-refractivity contribution is 5.85. The van der Waals surface area contributed by atoms with Gasteiger partial charge in [0.15, 0.2) is 11.6 Å². The standard InChI is InChI=1S/C13H16F4N2O.ClH/c1-20-10-4-2-3-9(11(10)14)12(13(15,16)17)19-7-5-18-6-8-19;/h2-4,12,18H,5-8H2,1H3;1H/t12-;/m1./s1. The molecule has 0 spiro atoms. The van der Waals surface area contributed by atoms with Crippen molar-refractivity contribution in [2.75, 3.05) is 33.3 Å². The number of hydrogen-bond acceptors (Lipinski definition) is 3. The Hall–Kier alpha value is -1.05. The van der Waals surface area contributed by atoms with E-state index in [0.29, 0.717) is 13.1 Å². The summed E-state index contributed by atoms with van der Waals surface area (Å²) in [6.45, 7) is 1.36. The maximum Gasteiger partial charge on any atom is 0.408 e. The molecule has 8 heteroatoms. The number of ether oxygens (including phenoxy) is 1. The SMILES string of the molecule is COc1cccc([C@@H](N2CCNCC2)C(F)(F)F)c1F.Cl. The Morgan fingerprint density at radius 1 is 1.24 bits per heavy atom. The number of piperazine rings is 1. The van der Waals surface area contributed by atoms with Crippen LogP contribution in [-0.4, -0.2) is 44.4 Å². The fourth-order valence-corrected chi connectivity index (χ4v) is 2.42. The summed E-state index contributed by atoms with van der Waals surface area (Å²) in [5.74, 6) is -1.12. The Balaban J connectivity index is 0.00000220. The van der Waals surface area contributed by atoms with Gasteiger partial charge in [-0.05, 0) is 6.07 Å². The van der Waals surface area contributed by atoms with Crippen LogP contribution in [0, 0.1) is 5.82 Å². The van der Waals surface area contributed by atoms with Gasteiger partial charge in [0, 0.05) is 31.7 Å². The third kappa shape index (κ3) is 3.99. The molecule has 1 aromatic carbocycles. The zero-order chi connectivity index (χ0) is 14.8. The fourth-order valence-electron chi connectivity index (χ4n) is 2.42. The molecule has 1 aromatic rings. The second kappa shape index (κ2) is 7.29. The molecule has 1 fully saturated rings. The summed E-state index contributed by atoms with van der Waals surface area (Å²) in [6, 6.07) is 1.90. The number of hydrogen-bond donors (Lipinski definition) is 1. The van der Waals surface area contributed by atoms with Crippen LogP contribution in [-0.2, 0) is 0 Å². The molecule has 1 aliphatic heterocycles. The van der Waals surface area contributed by atoms with E-state index < -0.39 is 23.6 Å². The molecule has 0 amide bonds. The molecule has 0 aliphatic carbocycles. The molecule has 1 atom stereocenters. The van der Waals surface area contributed by atoms with Crippen molar-refractivity contribution in [1.82, 2.24) is 10.2 Å². The number of halogens is 5. The molecule has 21 heavy (non-hydrogen) atoms. The van der Waals surface area contributed by atoms with Crippen molar-refractivity contribution in [2.45, 2.75) is 12.2 Å². The van der Waals surface area contributed by atoms with Gasteiger partial charge >= 0.3 is 6.18 Å². The van der Waals surface area contributed by atoms with E-state index in [4.69, 9.17) is 4.74 Å². The number of rotatable bonds is 3. The molecule has 1 N–H and O–H groups in total. The molecule has 1 saturated heterocycles. The zero-order valence-electron chi connectivity index (χ0n) is 11.4. The van der Waals surface area contributed by atoms with Crippen molar-refractivity contribution >= 4 is 12.4 Å². The first kappa shape index (κ1) is 18.0. The minimum absolute atomic E-state index is 0. The second-order valence-electron chi connectivity index (χ2n) is 4.59. The molecular formula is C13H17ClF4N2O. The molecule has 0 radical (unpaired) electrons. The molecule has 3 nitrogen and oxygen atoms in total. The van der Waals surface area contributed by atoms with Crippen LogP contribution in [0.5, 0.6) is 5.75 Å². The minimum Gasteiger partial charge on any atom is -0.494 e. The second-order valence-corrected chi connectivity index (χ2v) is 4.59. The zero-order valence-corrected chi connectivity index (χ0v) is 12.2. The van der Waals surface area contributed by atoms with Gasteiger partial charge in [-0.1, -0.05) is 12.1 Å². The number of nitrogens with one attached hydrogen (secondary N) is 1. The summed E-state index contributed by atoms with van der Waals surface area (Å²) in [6.07, 6.45) is -4.54. The van der Waals surface area contributed by atoms with Gasteiger partial charge in [0.25, 0.3) is 0 Å². The van der Waals surface area contributed by atoms with Crippen molar-refractivity contribution in [2.24, 2.45) is 0 Å². The van der Waals surface area contributed by atoms with Crippen molar-refractivity contribution in [3.63, 3.8) is 0 Å². The molecule has 0 aromatic heterocycles. The average Bonchev–Trinajstić information content (AvgIpc) is 2.41. The van der Waals surface area contributed by atoms with E-state index in [0.717, 1.165) is 6.07 Å². The topological polar surface area (TPSA) is 24.5 Å². The van der Waals surface area contributed by atoms with Crippen LogP contribution in [0.4, 0.5) is 17.6 Å². The maximum absolute atomic E-state index is 14.1. The number of benzene rings is 1. The van der Waals surface area contributed by atoms with E-state index in [9.17, 15) is 17.6 Å². The van der Waals surface area contributed by atoms with Crippen LogP contribution in [0.25, 0.3) is 0 Å². The van der Waals surface area contributed by atoms with E-state index in [2.05, 4.69) is 5.32 Å². The largest absolute Gasteiger partial charge is 0.494 e. The molecule has 0 bridgehead atoms. The lowest BCUT2D eigenvalue weighted by Gasteiger charge is -2.36. The summed E-state index contributed by atoms with van der Waals surface area (Å²) in [5.41, 5.74) is -0.390. The lowest BCUT2D eigenvalue weighted by molar-refractivity contribution is -0.188. The lowest BCUT2D eigenvalue weighted by atomic mass is 10.0. The predicted molar refractivity (Wildman–Crippen MR) is 73.4 cm³/mol. The van der Waals surface area contributed by atoms with E-state index in [1.165, 1.54) is 24.1 Å². The monoisotopic (exact) mass is 328 g/mol. The summed E-state index contributed by atoms with van der Waals surface area (Å²) in [4.78, 5) is 1.24. The van der Waals surface area contributed by atoms with Gasteiger partial charge in [-0.3, -0.25) is 4.90 Å². The van der Waals surface area contributed by atoms with Gasteiger partial charge in [-0.15, -0.1) is 12.4 Å². The Kier molecular flexibility index (Phi) is 6.24. The van der Waals surface area contributed by atoms with Crippen LogP contribution in [0.3, 0.4) is 0 Å². The van der Waals surface area contributed by atoms with E-state index in [1.807, 2.05) is 0 Å². The fraction of sp³-hybridized carbons (Fsp3) is 0.538. The van der Waals surface area contributed by atoms with Crippen LogP contribution >= 0.6 is 12.4 Å². The Morgan fingerprint density at radius 3 is 2.38 bits per heavy atom. The molecule has 120 valence electrons. The minimum atomic E-state index is -4.54. The molecule has 0 unspecified atom stereocenters. The van der Waals surface area contributed by atoms with Crippen molar-refractivity contribution < 1.29 is 22.3 Å². The molecule has 2 rings (SSSR count). The summed E-state index contributed by atoms with van der Waals surface area (Å²) < 4.78 is 58.9. The first-order valence-corrected chi connectivity index (χ1v) is 6.29. The third-order valence-electron chi connectivity index (χ3n) is 3.33. The summed E-state index contributed by atoms with van der Waals surface area (Å²) in [7, 11) is 1.23. The number of nitrogens with zero attached hydrogens (tertiary/aromatic N) is 1. The normalized spacial score (nSPS) is 18.0. The molecule has 1 heterocycles. The molecule has 1 aliphatic rings. The van der Waals surface area contributed by atoms with E-state index >= 15 is 0 Å². The Morgan fingerprint density at radius 2 is 1.86 bits per heavy atom. The highest BCUT2D eigenvalue weighted by Gasteiger charge is 2.46. The highest BCUT2D eigenvalue weighted by Crippen LogP contribution is 2.40. The van der Waals surface area contributed by atoms with Gasteiger partial charge in [-0.2, -0.15) is 13.2 Å². The Labute approximate surface area is 126 Å². The predicted octanol–water partition coefficient (Wildman–Crippen LogP) is 2.76. The van der Waals surface area contributed by atoms with Crippen molar-refractivity contribution in [3.05, 3.63) is 29.6 Å². The quantitative estimate of drug-likeness (QED) is 0.864. The van der Waals surface area contributed by atoms with Gasteiger partial charge in [0.2, 0.25) is 0 Å². The third-order valence-corrected chi connectivity index (χ3v) is 3.33. The van der Waals surface area contributed by atoms with Crippen LogP contribution in [0.15, 0.2) is 18.2 Å². The maximum atomic E-state index is 14.1. The first-order valence-electron chi connectivity index (χ1n) is 6.29. The first-order chi connectivity index (χ1) is 9.45. The highest BCUT2D eigenvalue weighted by atomic mass is 35.5. The lowest BCUT2D eigenvalue weighted by Crippen LogP contribution is -2.49. The van der Waals surface area contributed by atoms with Crippen LogP contribution in [0.1, 0.15) is 11.6 Å². The van der Waals surface area contributed by atoms with E-state index in [-0.39, 0.29) is 31.2 Å². The van der Waals surface area contributed by atoms with Gasteiger partial charge < -0.3 is 10.1 Å². The molecule has 0 saturated carbocycles. The van der Waals surface area contributed by atoms with Crippen LogP contribution < -0.4 is 10.1 Å². The summed E-state index contributed by atoms with van der Waals surface area (Å²) >= 11 is 0. The van der Waals surface area contributed by atoms with Gasteiger partial charge in [0.05, 0.1) is 7.11 Å².